The van der Waals surface area contributed by atoms with Crippen molar-refractivity contribution in [2.24, 2.45) is 14.1 Å². The first-order chi connectivity index (χ1) is 12.8. The molecule has 5 rings (SSSR count). The van der Waals surface area contributed by atoms with Crippen molar-refractivity contribution in [2.45, 2.75) is 0 Å². The van der Waals surface area contributed by atoms with Gasteiger partial charge in [0.25, 0.3) is 0 Å². The Balaban J connectivity index is 2.06. The average Bonchev–Trinajstić information content (AvgIpc) is 3.28. The van der Waals surface area contributed by atoms with Crippen molar-refractivity contribution in [3.05, 3.63) is 85.2 Å². The third-order valence-electron chi connectivity index (χ3n) is 5.33. The van der Waals surface area contributed by atoms with Crippen LogP contribution in [0.2, 0.25) is 0 Å². The molecule has 5 aromatic rings. The van der Waals surface area contributed by atoms with Crippen molar-refractivity contribution in [1.82, 2.24) is 9.13 Å². The number of nitrogens with zero attached hydrogens (tertiary/aromatic N) is 2. The molecule has 0 aliphatic carbocycles. The van der Waals surface area contributed by atoms with Crippen molar-refractivity contribution < 1.29 is 0 Å². The maximum Gasteiger partial charge on any atom is 0.0490 e. The second-order valence-electron chi connectivity index (χ2n) is 6.85. The van der Waals surface area contributed by atoms with Crippen molar-refractivity contribution in [2.75, 3.05) is 0 Å². The zero-order valence-corrected chi connectivity index (χ0v) is 15.0. The summed E-state index contributed by atoms with van der Waals surface area (Å²) in [6.45, 7) is 0. The van der Waals surface area contributed by atoms with Gasteiger partial charge in [-0.3, -0.25) is 0 Å². The van der Waals surface area contributed by atoms with Gasteiger partial charge in [-0.25, -0.2) is 0 Å². The highest BCUT2D eigenvalue weighted by molar-refractivity contribution is 6.20. The quantitative estimate of drug-likeness (QED) is 0.350. The molecule has 0 aliphatic rings. The Bertz CT molecular complexity index is 1100. The molecule has 0 atom stereocenters. The van der Waals surface area contributed by atoms with E-state index < -0.39 is 0 Å². The summed E-state index contributed by atoms with van der Waals surface area (Å²) in [7, 11) is 4.23. The van der Waals surface area contributed by atoms with E-state index in [9.17, 15) is 0 Å². The molecular formula is C24H20N2. The minimum atomic E-state index is 1.25. The Morgan fingerprint density at radius 2 is 0.808 bits per heavy atom. The molecule has 0 aliphatic heterocycles. The SMILES string of the molecule is Cn1cccc1-c1c2ccccc2c(-c2cccn2C)c2ccccc12. The standard InChI is InChI=1S/C24H20N2/c1-25-15-7-13-21(25)23-17-9-3-5-11-19(17)24(22-14-8-16-26(22)2)20-12-6-4-10-18(20)23/h3-16H,1-2H3. The molecule has 0 N–H and O–H groups in total. The highest BCUT2D eigenvalue weighted by Crippen LogP contribution is 2.43. The topological polar surface area (TPSA) is 9.86 Å². The molecular weight excluding hydrogens is 316 g/mol. The molecule has 0 spiro atoms. The first-order valence-corrected chi connectivity index (χ1v) is 8.92. The summed E-state index contributed by atoms with van der Waals surface area (Å²) in [5, 5.41) is 5.18. The van der Waals surface area contributed by atoms with Crippen LogP contribution in [0.15, 0.2) is 85.2 Å². The van der Waals surface area contributed by atoms with E-state index in [4.69, 9.17) is 0 Å². The van der Waals surface area contributed by atoms with Gasteiger partial charge < -0.3 is 9.13 Å². The molecule has 2 heteroatoms. The number of hydrogen-bond acceptors (Lipinski definition) is 0. The van der Waals surface area contributed by atoms with Gasteiger partial charge in [-0.1, -0.05) is 48.5 Å². The summed E-state index contributed by atoms with van der Waals surface area (Å²) in [6, 6.07) is 26.2. The highest BCUT2D eigenvalue weighted by Gasteiger charge is 2.18. The Morgan fingerprint density at radius 1 is 0.462 bits per heavy atom. The molecule has 0 amide bonds. The van der Waals surface area contributed by atoms with Crippen LogP contribution in [0.1, 0.15) is 0 Å². The molecule has 3 aromatic carbocycles. The van der Waals surface area contributed by atoms with Gasteiger partial charge in [0.05, 0.1) is 0 Å². The fourth-order valence-electron chi connectivity index (χ4n) is 4.12. The number of fused-ring (bicyclic) bond motifs is 2. The van der Waals surface area contributed by atoms with Gasteiger partial charge in [0.2, 0.25) is 0 Å². The molecule has 2 heterocycles. The van der Waals surface area contributed by atoms with E-state index in [1.807, 2.05) is 0 Å². The molecule has 26 heavy (non-hydrogen) atoms. The van der Waals surface area contributed by atoms with Crippen LogP contribution < -0.4 is 0 Å². The smallest absolute Gasteiger partial charge is 0.0490 e. The average molecular weight is 336 g/mol. The van der Waals surface area contributed by atoms with Crippen LogP contribution in [-0.2, 0) is 14.1 Å². The Kier molecular flexibility index (Phi) is 3.26. The first kappa shape index (κ1) is 15.0. The van der Waals surface area contributed by atoms with E-state index in [1.165, 1.54) is 44.1 Å². The predicted octanol–water partition coefficient (Wildman–Crippen LogP) is 6.00. The van der Waals surface area contributed by atoms with Crippen molar-refractivity contribution in [1.29, 1.82) is 0 Å². The van der Waals surface area contributed by atoms with Crippen LogP contribution in [0, 0.1) is 0 Å². The Hall–Kier alpha value is -3.26. The minimum Gasteiger partial charge on any atom is -0.351 e. The summed E-state index contributed by atoms with van der Waals surface area (Å²) in [5.41, 5.74) is 5.11. The normalized spacial score (nSPS) is 11.5. The van der Waals surface area contributed by atoms with Crippen molar-refractivity contribution in [3.63, 3.8) is 0 Å². The van der Waals surface area contributed by atoms with E-state index in [0.717, 1.165) is 0 Å². The lowest BCUT2D eigenvalue weighted by molar-refractivity contribution is 0.938. The fourth-order valence-corrected chi connectivity index (χ4v) is 4.12. The van der Waals surface area contributed by atoms with Crippen LogP contribution >= 0.6 is 0 Å². The first-order valence-electron chi connectivity index (χ1n) is 8.92. The van der Waals surface area contributed by atoms with Crippen LogP contribution in [0.25, 0.3) is 44.1 Å². The summed E-state index contributed by atoms with van der Waals surface area (Å²) >= 11 is 0. The molecule has 2 aromatic heterocycles. The molecule has 0 saturated heterocycles. The summed E-state index contributed by atoms with van der Waals surface area (Å²) in [4.78, 5) is 0. The molecule has 0 radical (unpaired) electrons. The van der Waals surface area contributed by atoms with Crippen molar-refractivity contribution in [3.8, 4) is 22.5 Å². The van der Waals surface area contributed by atoms with Crippen LogP contribution in [0.4, 0.5) is 0 Å². The Morgan fingerprint density at radius 3 is 1.08 bits per heavy atom. The third kappa shape index (κ3) is 2.05. The molecule has 0 unspecified atom stereocenters. The van der Waals surface area contributed by atoms with Crippen LogP contribution in [0.5, 0.6) is 0 Å². The van der Waals surface area contributed by atoms with E-state index >= 15 is 0 Å². The molecule has 0 bridgehead atoms. The molecule has 0 saturated carbocycles. The van der Waals surface area contributed by atoms with Gasteiger partial charge in [0.15, 0.2) is 0 Å². The van der Waals surface area contributed by atoms with Crippen LogP contribution in [0.3, 0.4) is 0 Å². The minimum absolute atomic E-state index is 1.25. The number of aryl methyl sites for hydroxylation is 2. The highest BCUT2D eigenvalue weighted by atomic mass is 14.9. The number of aromatic nitrogens is 2. The van der Waals surface area contributed by atoms with Gasteiger partial charge in [0.1, 0.15) is 0 Å². The van der Waals surface area contributed by atoms with Gasteiger partial charge in [-0.2, -0.15) is 0 Å². The monoisotopic (exact) mass is 336 g/mol. The van der Waals surface area contributed by atoms with Crippen molar-refractivity contribution >= 4 is 21.5 Å². The van der Waals surface area contributed by atoms with Gasteiger partial charge in [0, 0.05) is 49.0 Å². The maximum absolute atomic E-state index is 2.25. The van der Waals surface area contributed by atoms with E-state index in [-0.39, 0.29) is 0 Å². The third-order valence-corrected chi connectivity index (χ3v) is 5.33. The van der Waals surface area contributed by atoms with Crippen LogP contribution in [-0.4, -0.2) is 9.13 Å². The maximum atomic E-state index is 2.25. The number of hydrogen-bond donors (Lipinski definition) is 0. The Labute approximate surface area is 152 Å². The molecule has 126 valence electrons. The number of rotatable bonds is 2. The van der Waals surface area contributed by atoms with Gasteiger partial charge in [-0.15, -0.1) is 0 Å². The van der Waals surface area contributed by atoms with Gasteiger partial charge >= 0.3 is 0 Å². The zero-order valence-electron chi connectivity index (χ0n) is 15.0. The lowest BCUT2D eigenvalue weighted by Gasteiger charge is -2.18. The summed E-state index contributed by atoms with van der Waals surface area (Å²) < 4.78 is 4.41. The molecule has 0 fully saturated rings. The zero-order chi connectivity index (χ0) is 17.7. The number of benzene rings is 3. The predicted molar refractivity (Wildman–Crippen MR) is 110 cm³/mol. The van der Waals surface area contributed by atoms with E-state index in [0.29, 0.717) is 0 Å². The largest absolute Gasteiger partial charge is 0.351 e. The second-order valence-corrected chi connectivity index (χ2v) is 6.85. The summed E-state index contributed by atoms with van der Waals surface area (Å²) in [5.74, 6) is 0. The van der Waals surface area contributed by atoms with Gasteiger partial charge in [-0.05, 0) is 45.8 Å². The fraction of sp³-hybridized carbons (Fsp3) is 0.0833. The van der Waals surface area contributed by atoms with E-state index in [2.05, 4.69) is 108 Å². The van der Waals surface area contributed by atoms with E-state index in [1.54, 1.807) is 0 Å². The summed E-state index contributed by atoms with van der Waals surface area (Å²) in [6.07, 6.45) is 4.23. The second kappa shape index (κ2) is 5.63. The molecule has 2 nitrogen and oxygen atoms in total. The lowest BCUT2D eigenvalue weighted by Crippen LogP contribution is -1.96. The lowest BCUT2D eigenvalue weighted by atomic mass is 9.89.